The number of hydrogen-bond donors (Lipinski definition) is 2. The van der Waals surface area contributed by atoms with E-state index in [1.54, 1.807) is 6.07 Å². The number of carboxylic acids is 1. The third kappa shape index (κ3) is 2.14. The lowest BCUT2D eigenvalue weighted by atomic mass is 10.1. The van der Waals surface area contributed by atoms with Crippen LogP contribution in [-0.2, 0) is 4.74 Å². The molecular weight excluding hydrogens is 244 g/mol. The largest absolute Gasteiger partial charge is 0.478 e. The highest BCUT2D eigenvalue weighted by Gasteiger charge is 2.34. The number of aromatic carboxylic acids is 1. The van der Waals surface area contributed by atoms with E-state index in [0.717, 1.165) is 37.2 Å². The van der Waals surface area contributed by atoms with Gasteiger partial charge in [-0.3, -0.25) is 0 Å². The molecule has 5 nitrogen and oxygen atoms in total. The number of hydrogen-bond acceptors (Lipinski definition) is 4. The maximum Gasteiger partial charge on any atom is 0.337 e. The Labute approximate surface area is 112 Å². The van der Waals surface area contributed by atoms with Gasteiger partial charge in [0.1, 0.15) is 0 Å². The molecule has 2 aliphatic heterocycles. The zero-order chi connectivity index (χ0) is 13.6. The Balaban J connectivity index is 1.94. The van der Waals surface area contributed by atoms with Crippen LogP contribution in [0, 0.1) is 6.92 Å². The van der Waals surface area contributed by atoms with Crippen molar-refractivity contribution >= 4 is 17.3 Å². The van der Waals surface area contributed by atoms with Gasteiger partial charge in [-0.15, -0.1) is 0 Å². The highest BCUT2D eigenvalue weighted by Crippen LogP contribution is 2.32. The third-order valence-electron chi connectivity index (χ3n) is 4.01. The summed E-state index contributed by atoms with van der Waals surface area (Å²) < 4.78 is 5.80. The molecule has 2 heterocycles. The molecule has 2 bridgehead atoms. The second-order valence-corrected chi connectivity index (χ2v) is 5.39. The summed E-state index contributed by atoms with van der Waals surface area (Å²) in [6.45, 7) is 3.51. The number of carboxylic acid groups (broad SMARTS) is 1. The first kappa shape index (κ1) is 12.3. The van der Waals surface area contributed by atoms with Gasteiger partial charge in [-0.25, -0.2) is 4.79 Å². The fourth-order valence-electron chi connectivity index (χ4n) is 2.96. The van der Waals surface area contributed by atoms with E-state index in [1.807, 2.05) is 13.0 Å². The van der Waals surface area contributed by atoms with E-state index in [2.05, 4.69) is 4.90 Å². The third-order valence-corrected chi connectivity index (χ3v) is 4.01. The number of benzene rings is 1. The van der Waals surface area contributed by atoms with E-state index in [4.69, 9.17) is 10.5 Å². The first-order valence-corrected chi connectivity index (χ1v) is 6.58. The molecule has 102 valence electrons. The SMILES string of the molecule is Cc1cc(N2CC3CCC(C2)O3)cc(C(=O)O)c1N. The molecule has 0 spiro atoms. The molecule has 2 fully saturated rings. The van der Waals surface area contributed by atoms with Crippen molar-refractivity contribution in [2.45, 2.75) is 32.0 Å². The second-order valence-electron chi connectivity index (χ2n) is 5.39. The minimum Gasteiger partial charge on any atom is -0.478 e. The minimum atomic E-state index is -0.973. The zero-order valence-corrected chi connectivity index (χ0v) is 10.9. The van der Waals surface area contributed by atoms with Crippen molar-refractivity contribution in [3.63, 3.8) is 0 Å². The van der Waals surface area contributed by atoms with Crippen LogP contribution < -0.4 is 10.6 Å². The molecule has 2 atom stereocenters. The number of morpholine rings is 1. The van der Waals surface area contributed by atoms with Crippen LogP contribution in [0.25, 0.3) is 0 Å². The van der Waals surface area contributed by atoms with E-state index in [9.17, 15) is 9.90 Å². The number of anilines is 2. The Morgan fingerprint density at radius 3 is 2.58 bits per heavy atom. The van der Waals surface area contributed by atoms with E-state index in [1.165, 1.54) is 0 Å². The van der Waals surface area contributed by atoms with E-state index in [-0.39, 0.29) is 17.8 Å². The smallest absolute Gasteiger partial charge is 0.337 e. The summed E-state index contributed by atoms with van der Waals surface area (Å²) in [4.78, 5) is 13.4. The van der Waals surface area contributed by atoms with Gasteiger partial charge < -0.3 is 20.5 Å². The van der Waals surface area contributed by atoms with Crippen LogP contribution in [0.3, 0.4) is 0 Å². The molecule has 19 heavy (non-hydrogen) atoms. The maximum atomic E-state index is 11.2. The normalized spacial score (nSPS) is 25.6. The highest BCUT2D eigenvalue weighted by molar-refractivity contribution is 5.95. The van der Waals surface area contributed by atoms with E-state index in [0.29, 0.717) is 5.69 Å². The van der Waals surface area contributed by atoms with Gasteiger partial charge in [0.2, 0.25) is 0 Å². The van der Waals surface area contributed by atoms with Gasteiger partial charge in [-0.1, -0.05) is 0 Å². The summed E-state index contributed by atoms with van der Waals surface area (Å²) in [6.07, 6.45) is 2.76. The first-order chi connectivity index (χ1) is 9.04. The number of ether oxygens (including phenoxy) is 1. The van der Waals surface area contributed by atoms with Crippen molar-refractivity contribution in [2.75, 3.05) is 23.7 Å². The summed E-state index contributed by atoms with van der Waals surface area (Å²) in [6, 6.07) is 3.64. The summed E-state index contributed by atoms with van der Waals surface area (Å²) in [5, 5.41) is 9.21. The Morgan fingerprint density at radius 1 is 1.37 bits per heavy atom. The summed E-state index contributed by atoms with van der Waals surface area (Å²) in [7, 11) is 0. The molecule has 0 aromatic heterocycles. The van der Waals surface area contributed by atoms with E-state index >= 15 is 0 Å². The Morgan fingerprint density at radius 2 is 2.00 bits per heavy atom. The molecule has 2 aliphatic rings. The minimum absolute atomic E-state index is 0.189. The molecule has 5 heteroatoms. The number of nitrogens with zero attached hydrogens (tertiary/aromatic N) is 1. The molecule has 3 rings (SSSR count). The molecule has 2 unspecified atom stereocenters. The predicted octanol–water partition coefficient (Wildman–Crippen LogP) is 1.64. The van der Waals surface area contributed by atoms with Crippen LogP contribution in [0.4, 0.5) is 11.4 Å². The van der Waals surface area contributed by atoms with Crippen molar-refractivity contribution in [3.05, 3.63) is 23.3 Å². The van der Waals surface area contributed by atoms with Crippen LogP contribution in [0.15, 0.2) is 12.1 Å². The van der Waals surface area contributed by atoms with Crippen molar-refractivity contribution in [2.24, 2.45) is 0 Å². The van der Waals surface area contributed by atoms with Gasteiger partial charge in [-0.2, -0.15) is 0 Å². The summed E-state index contributed by atoms with van der Waals surface area (Å²) in [5.74, 6) is -0.973. The van der Waals surface area contributed by atoms with Crippen LogP contribution in [0.2, 0.25) is 0 Å². The van der Waals surface area contributed by atoms with Gasteiger partial charge in [0.15, 0.2) is 0 Å². The first-order valence-electron chi connectivity index (χ1n) is 6.58. The molecule has 0 radical (unpaired) electrons. The monoisotopic (exact) mass is 262 g/mol. The predicted molar refractivity (Wildman–Crippen MR) is 72.7 cm³/mol. The molecular formula is C14H18N2O3. The van der Waals surface area contributed by atoms with Crippen molar-refractivity contribution < 1.29 is 14.6 Å². The lowest BCUT2D eigenvalue weighted by Crippen LogP contribution is -2.42. The number of nitrogens with two attached hydrogens (primary N) is 1. The fraction of sp³-hybridized carbons (Fsp3) is 0.500. The van der Waals surface area contributed by atoms with Gasteiger partial charge in [0.05, 0.1) is 17.8 Å². The van der Waals surface area contributed by atoms with Crippen LogP contribution in [0.5, 0.6) is 0 Å². The van der Waals surface area contributed by atoms with Crippen LogP contribution in [0.1, 0.15) is 28.8 Å². The van der Waals surface area contributed by atoms with Gasteiger partial charge in [0, 0.05) is 24.5 Å². The number of carbonyl (C=O) groups is 1. The zero-order valence-electron chi connectivity index (χ0n) is 10.9. The summed E-state index contributed by atoms with van der Waals surface area (Å²) >= 11 is 0. The highest BCUT2D eigenvalue weighted by atomic mass is 16.5. The van der Waals surface area contributed by atoms with Crippen molar-refractivity contribution in [1.82, 2.24) is 0 Å². The van der Waals surface area contributed by atoms with E-state index < -0.39 is 5.97 Å². The van der Waals surface area contributed by atoms with Crippen LogP contribution >= 0.6 is 0 Å². The Bertz CT molecular complexity index is 518. The molecule has 3 N–H and O–H groups in total. The number of nitrogen functional groups attached to an aromatic ring is 1. The second kappa shape index (κ2) is 4.42. The van der Waals surface area contributed by atoms with Gasteiger partial charge >= 0.3 is 5.97 Å². The fourth-order valence-corrected chi connectivity index (χ4v) is 2.96. The molecule has 0 aliphatic carbocycles. The number of aryl methyl sites for hydroxylation is 1. The number of rotatable bonds is 2. The molecule has 1 aromatic carbocycles. The molecule has 1 aromatic rings. The van der Waals surface area contributed by atoms with Gasteiger partial charge in [0.25, 0.3) is 0 Å². The van der Waals surface area contributed by atoms with Crippen molar-refractivity contribution in [3.8, 4) is 0 Å². The van der Waals surface area contributed by atoms with Gasteiger partial charge in [-0.05, 0) is 37.5 Å². The summed E-state index contributed by atoms with van der Waals surface area (Å²) in [5.41, 5.74) is 8.12. The Kier molecular flexibility index (Phi) is 2.86. The lowest BCUT2D eigenvalue weighted by Gasteiger charge is -2.34. The Hall–Kier alpha value is -1.75. The number of fused-ring (bicyclic) bond motifs is 2. The lowest BCUT2D eigenvalue weighted by molar-refractivity contribution is 0.0305. The topological polar surface area (TPSA) is 75.8 Å². The molecule has 2 saturated heterocycles. The standard InChI is InChI=1S/C14H18N2O3/c1-8-4-9(5-12(13(8)15)14(17)18)16-6-10-2-3-11(7-16)19-10/h4-5,10-11H,2-3,6-7,15H2,1H3,(H,17,18). The molecule has 0 saturated carbocycles. The average Bonchev–Trinajstić information content (AvgIpc) is 2.71. The van der Waals surface area contributed by atoms with Crippen LogP contribution in [-0.4, -0.2) is 36.4 Å². The van der Waals surface area contributed by atoms with Crippen molar-refractivity contribution in [1.29, 1.82) is 0 Å². The average molecular weight is 262 g/mol. The quantitative estimate of drug-likeness (QED) is 0.792. The molecule has 0 amide bonds. The maximum absolute atomic E-state index is 11.2.